The molecule has 0 radical (unpaired) electrons. The van der Waals surface area contributed by atoms with Gasteiger partial charge >= 0.3 is 0 Å². The van der Waals surface area contributed by atoms with E-state index in [1.165, 1.54) is 0 Å². The molecule has 0 bridgehead atoms. The van der Waals surface area contributed by atoms with Crippen molar-refractivity contribution in [1.82, 2.24) is 4.90 Å². The number of aliphatic imine (C=N–C) groups is 1. The van der Waals surface area contributed by atoms with Crippen LogP contribution in [0.5, 0.6) is 0 Å². The van der Waals surface area contributed by atoms with E-state index >= 15 is 0 Å². The third-order valence-electron chi connectivity index (χ3n) is 5.08. The van der Waals surface area contributed by atoms with E-state index in [9.17, 15) is 9.59 Å². The summed E-state index contributed by atoms with van der Waals surface area (Å²) in [6.45, 7) is 0.0214. The summed E-state index contributed by atoms with van der Waals surface area (Å²) >= 11 is 0. The molecule has 0 atom stereocenters. The van der Waals surface area contributed by atoms with E-state index in [2.05, 4.69) is 5.32 Å². The summed E-state index contributed by atoms with van der Waals surface area (Å²) in [4.78, 5) is 32.1. The molecule has 2 aromatic carbocycles. The highest BCUT2D eigenvalue weighted by atomic mass is 16.2. The van der Waals surface area contributed by atoms with Gasteiger partial charge in [0.1, 0.15) is 17.9 Å². The molecular weight excluding hydrogens is 326 g/mol. The van der Waals surface area contributed by atoms with Crippen molar-refractivity contribution in [1.29, 1.82) is 0 Å². The smallest absolute Gasteiger partial charge is 0.275 e. The Balaban J connectivity index is 1.57. The Hall–Kier alpha value is -2.95. The van der Waals surface area contributed by atoms with Crippen molar-refractivity contribution in [2.24, 2.45) is 4.99 Å². The molecule has 2 amide bonds. The summed E-state index contributed by atoms with van der Waals surface area (Å²) in [6, 6.07) is 18.8. The zero-order chi connectivity index (χ0) is 18.0. The average Bonchev–Trinajstić information content (AvgIpc) is 3.24. The third-order valence-corrected chi connectivity index (χ3v) is 5.08. The minimum Gasteiger partial charge on any atom is -0.325 e. The van der Waals surface area contributed by atoms with Gasteiger partial charge in [0, 0.05) is 11.3 Å². The van der Waals surface area contributed by atoms with Gasteiger partial charge in [-0.2, -0.15) is 0 Å². The van der Waals surface area contributed by atoms with Crippen LogP contribution in [0.25, 0.3) is 0 Å². The maximum absolute atomic E-state index is 13.1. The molecule has 4 rings (SSSR count). The van der Waals surface area contributed by atoms with Crippen molar-refractivity contribution < 1.29 is 9.59 Å². The largest absolute Gasteiger partial charge is 0.325 e. The van der Waals surface area contributed by atoms with Gasteiger partial charge in [-0.05, 0) is 37.8 Å². The molecule has 1 aliphatic heterocycles. The Morgan fingerprint density at radius 1 is 1.00 bits per heavy atom. The summed E-state index contributed by atoms with van der Waals surface area (Å²) in [5, 5.41) is 2.87. The Kier molecular flexibility index (Phi) is 4.29. The van der Waals surface area contributed by atoms with Crippen molar-refractivity contribution in [2.45, 2.75) is 31.3 Å². The van der Waals surface area contributed by atoms with Crippen LogP contribution < -0.4 is 5.32 Å². The van der Waals surface area contributed by atoms with Crippen molar-refractivity contribution >= 4 is 23.2 Å². The minimum absolute atomic E-state index is 0.0214. The van der Waals surface area contributed by atoms with Crippen molar-refractivity contribution in [3.63, 3.8) is 0 Å². The van der Waals surface area contributed by atoms with Gasteiger partial charge in [0.05, 0.1) is 0 Å². The predicted molar refractivity (Wildman–Crippen MR) is 101 cm³/mol. The molecule has 0 saturated heterocycles. The van der Waals surface area contributed by atoms with Gasteiger partial charge in [-0.15, -0.1) is 0 Å². The van der Waals surface area contributed by atoms with E-state index in [1.54, 1.807) is 4.90 Å². The molecule has 132 valence electrons. The van der Waals surface area contributed by atoms with Crippen LogP contribution in [0.1, 0.15) is 31.2 Å². The first-order valence-corrected chi connectivity index (χ1v) is 9.00. The number of hydrogen-bond acceptors (Lipinski definition) is 3. The van der Waals surface area contributed by atoms with Crippen LogP contribution in [0.15, 0.2) is 65.7 Å². The van der Waals surface area contributed by atoms with Gasteiger partial charge in [-0.25, -0.2) is 0 Å². The number of nitrogens with zero attached hydrogens (tertiary/aromatic N) is 2. The van der Waals surface area contributed by atoms with E-state index in [0.717, 1.165) is 36.9 Å². The first-order chi connectivity index (χ1) is 12.7. The SMILES string of the molecule is O=C(CN1C(=O)C(c2ccccc2)=NC12CCCC2)Nc1ccccc1. The third kappa shape index (κ3) is 3.01. The molecule has 1 spiro atoms. The molecule has 5 nitrogen and oxygen atoms in total. The lowest BCUT2D eigenvalue weighted by Crippen LogP contribution is -2.48. The van der Waals surface area contributed by atoms with Gasteiger partial charge < -0.3 is 10.2 Å². The van der Waals surface area contributed by atoms with E-state index in [4.69, 9.17) is 4.99 Å². The molecule has 1 saturated carbocycles. The molecule has 26 heavy (non-hydrogen) atoms. The number of carbonyl (C=O) groups excluding carboxylic acids is 2. The lowest BCUT2D eigenvalue weighted by molar-refractivity contribution is -0.132. The number of carbonyl (C=O) groups is 2. The number of nitrogens with one attached hydrogen (secondary N) is 1. The Morgan fingerprint density at radius 2 is 1.62 bits per heavy atom. The number of para-hydroxylation sites is 1. The fourth-order valence-corrected chi connectivity index (χ4v) is 3.82. The second-order valence-corrected chi connectivity index (χ2v) is 6.82. The van der Waals surface area contributed by atoms with Crippen LogP contribution in [0, 0.1) is 0 Å². The molecule has 1 fully saturated rings. The summed E-state index contributed by atoms with van der Waals surface area (Å²) in [5.41, 5.74) is 1.46. The van der Waals surface area contributed by atoms with Gasteiger partial charge in [0.15, 0.2) is 0 Å². The monoisotopic (exact) mass is 347 g/mol. The van der Waals surface area contributed by atoms with Crippen LogP contribution >= 0.6 is 0 Å². The fraction of sp³-hybridized carbons (Fsp3) is 0.286. The minimum atomic E-state index is -0.559. The maximum Gasteiger partial charge on any atom is 0.275 e. The fourth-order valence-electron chi connectivity index (χ4n) is 3.82. The van der Waals surface area contributed by atoms with Crippen LogP contribution in [0.3, 0.4) is 0 Å². The van der Waals surface area contributed by atoms with Crippen molar-refractivity contribution in [2.75, 3.05) is 11.9 Å². The first-order valence-electron chi connectivity index (χ1n) is 9.00. The lowest BCUT2D eigenvalue weighted by atomic mass is 10.1. The van der Waals surface area contributed by atoms with Crippen LogP contribution in [0.2, 0.25) is 0 Å². The van der Waals surface area contributed by atoms with Crippen molar-refractivity contribution in [3.8, 4) is 0 Å². The number of rotatable bonds is 4. The van der Waals surface area contributed by atoms with Gasteiger partial charge in [0.2, 0.25) is 5.91 Å². The van der Waals surface area contributed by atoms with Gasteiger partial charge in [-0.1, -0.05) is 48.5 Å². The molecule has 1 aliphatic carbocycles. The second-order valence-electron chi connectivity index (χ2n) is 6.82. The van der Waals surface area contributed by atoms with Crippen LogP contribution in [0.4, 0.5) is 5.69 Å². The van der Waals surface area contributed by atoms with E-state index in [1.807, 2.05) is 60.7 Å². The second kappa shape index (κ2) is 6.75. The molecule has 1 N–H and O–H groups in total. The number of benzene rings is 2. The lowest BCUT2D eigenvalue weighted by Gasteiger charge is -2.32. The molecule has 2 aliphatic rings. The quantitative estimate of drug-likeness (QED) is 0.923. The normalized spacial score (nSPS) is 18.2. The maximum atomic E-state index is 13.1. The van der Waals surface area contributed by atoms with Crippen LogP contribution in [-0.4, -0.2) is 34.6 Å². The van der Waals surface area contributed by atoms with Crippen molar-refractivity contribution in [3.05, 3.63) is 66.2 Å². The molecule has 0 aromatic heterocycles. The van der Waals surface area contributed by atoms with Crippen LogP contribution in [-0.2, 0) is 9.59 Å². The van der Waals surface area contributed by atoms with E-state index in [-0.39, 0.29) is 18.4 Å². The summed E-state index contributed by atoms with van der Waals surface area (Å²) in [6.07, 6.45) is 3.67. The first kappa shape index (κ1) is 16.5. The standard InChI is InChI=1S/C21H21N3O2/c25-18(22-17-11-5-2-6-12-17)15-24-20(26)19(16-9-3-1-4-10-16)23-21(24)13-7-8-14-21/h1-6,9-12H,7-8,13-15H2,(H,22,25). The number of amides is 2. The molecule has 2 aromatic rings. The molecular formula is C21H21N3O2. The zero-order valence-electron chi connectivity index (χ0n) is 14.5. The zero-order valence-corrected chi connectivity index (χ0v) is 14.5. The highest BCUT2D eigenvalue weighted by Crippen LogP contribution is 2.40. The summed E-state index contributed by atoms with van der Waals surface area (Å²) in [5.74, 6) is -0.346. The summed E-state index contributed by atoms with van der Waals surface area (Å²) < 4.78 is 0. The Bertz CT molecular complexity index is 840. The summed E-state index contributed by atoms with van der Waals surface area (Å²) in [7, 11) is 0. The number of hydrogen-bond donors (Lipinski definition) is 1. The highest BCUT2D eigenvalue weighted by molar-refractivity contribution is 6.47. The van der Waals surface area contributed by atoms with Gasteiger partial charge in [-0.3, -0.25) is 14.6 Å². The molecule has 0 unspecified atom stereocenters. The van der Waals surface area contributed by atoms with E-state index < -0.39 is 5.66 Å². The highest BCUT2D eigenvalue weighted by Gasteiger charge is 2.49. The number of anilines is 1. The molecule has 1 heterocycles. The topological polar surface area (TPSA) is 61.8 Å². The van der Waals surface area contributed by atoms with Gasteiger partial charge in [0.25, 0.3) is 5.91 Å². The average molecular weight is 347 g/mol. The van der Waals surface area contributed by atoms with E-state index in [0.29, 0.717) is 5.71 Å². The molecule has 5 heteroatoms. The Labute approximate surface area is 152 Å². The predicted octanol–water partition coefficient (Wildman–Crippen LogP) is 3.23. The Morgan fingerprint density at radius 3 is 2.27 bits per heavy atom.